The van der Waals surface area contributed by atoms with Crippen LogP contribution in [0.4, 0.5) is 0 Å². The monoisotopic (exact) mass is 363 g/mol. The Morgan fingerprint density at radius 3 is 2.32 bits per heavy atom. The summed E-state index contributed by atoms with van der Waals surface area (Å²) in [5.41, 5.74) is 5.40. The molecule has 25 heavy (non-hydrogen) atoms. The van der Waals surface area contributed by atoms with Gasteiger partial charge in [0.1, 0.15) is 11.5 Å². The summed E-state index contributed by atoms with van der Waals surface area (Å²) >= 11 is 5.75. The summed E-state index contributed by atoms with van der Waals surface area (Å²) in [4.78, 5) is 35.5. The number of furan rings is 1. The Morgan fingerprint density at radius 1 is 1.04 bits per heavy atom. The number of aryl methyl sites for hydroxylation is 2. The summed E-state index contributed by atoms with van der Waals surface area (Å²) < 4.78 is 5.25. The highest BCUT2D eigenvalue weighted by molar-refractivity contribution is 6.30. The van der Waals surface area contributed by atoms with Crippen LogP contribution in [0.15, 0.2) is 34.7 Å². The molecule has 0 aliphatic rings. The number of hydrogen-bond acceptors (Lipinski definition) is 4. The molecule has 2 rings (SSSR count). The largest absolute Gasteiger partial charge is 0.466 e. The first-order valence-corrected chi connectivity index (χ1v) is 7.94. The minimum atomic E-state index is -0.465. The smallest absolute Gasteiger partial charge is 0.273 e. The van der Waals surface area contributed by atoms with Crippen LogP contribution in [0.2, 0.25) is 5.02 Å². The number of rotatable bonds is 5. The molecular weight excluding hydrogens is 346 g/mol. The van der Waals surface area contributed by atoms with E-state index in [2.05, 4.69) is 16.2 Å². The molecule has 1 heterocycles. The number of nitrogens with one attached hydrogen (secondary N) is 3. The van der Waals surface area contributed by atoms with Gasteiger partial charge in [0.05, 0.1) is 5.56 Å². The molecule has 2 aromatic rings. The fourth-order valence-corrected chi connectivity index (χ4v) is 2.23. The SMILES string of the molecule is Cc1cc(C(=O)NNC(=O)CCNC(=O)c2ccc(Cl)cc2)c(C)o1. The summed E-state index contributed by atoms with van der Waals surface area (Å²) in [7, 11) is 0. The highest BCUT2D eigenvalue weighted by Gasteiger charge is 2.14. The van der Waals surface area contributed by atoms with Gasteiger partial charge in [-0.2, -0.15) is 0 Å². The van der Waals surface area contributed by atoms with Gasteiger partial charge in [-0.05, 0) is 44.2 Å². The summed E-state index contributed by atoms with van der Waals surface area (Å²) in [5, 5.41) is 3.15. The first kappa shape index (κ1) is 18.5. The molecule has 0 aliphatic carbocycles. The lowest BCUT2D eigenvalue weighted by Crippen LogP contribution is -2.42. The van der Waals surface area contributed by atoms with Gasteiger partial charge in [0.2, 0.25) is 5.91 Å². The molecule has 0 atom stereocenters. The van der Waals surface area contributed by atoms with E-state index in [1.54, 1.807) is 44.2 Å². The number of hydrogen-bond donors (Lipinski definition) is 3. The second-order valence-corrected chi connectivity index (χ2v) is 5.78. The van der Waals surface area contributed by atoms with E-state index in [1.165, 1.54) is 0 Å². The number of carbonyl (C=O) groups excluding carboxylic acids is 3. The molecule has 0 radical (unpaired) electrons. The summed E-state index contributed by atoms with van der Waals surface area (Å²) in [5.74, 6) is -0.119. The fraction of sp³-hybridized carbons (Fsp3) is 0.235. The predicted molar refractivity (Wildman–Crippen MR) is 92.2 cm³/mol. The molecular formula is C17H18ClN3O4. The van der Waals surface area contributed by atoms with Crippen molar-refractivity contribution >= 4 is 29.3 Å². The van der Waals surface area contributed by atoms with E-state index >= 15 is 0 Å². The minimum Gasteiger partial charge on any atom is -0.466 e. The average Bonchev–Trinajstić information content (AvgIpc) is 2.91. The molecule has 0 saturated heterocycles. The Hall–Kier alpha value is -2.80. The van der Waals surface area contributed by atoms with Crippen LogP contribution in [0.3, 0.4) is 0 Å². The van der Waals surface area contributed by atoms with Gasteiger partial charge in [-0.15, -0.1) is 0 Å². The molecule has 8 heteroatoms. The molecule has 0 bridgehead atoms. The van der Waals surface area contributed by atoms with Crippen LogP contribution in [-0.2, 0) is 4.79 Å². The Morgan fingerprint density at radius 2 is 1.72 bits per heavy atom. The lowest BCUT2D eigenvalue weighted by Gasteiger charge is -2.08. The van der Waals surface area contributed by atoms with Crippen molar-refractivity contribution in [1.82, 2.24) is 16.2 Å². The van der Waals surface area contributed by atoms with E-state index in [-0.39, 0.29) is 18.9 Å². The van der Waals surface area contributed by atoms with E-state index in [4.69, 9.17) is 16.0 Å². The predicted octanol–water partition coefficient (Wildman–Crippen LogP) is 2.13. The van der Waals surface area contributed by atoms with Crippen molar-refractivity contribution < 1.29 is 18.8 Å². The zero-order chi connectivity index (χ0) is 18.4. The van der Waals surface area contributed by atoms with Crippen molar-refractivity contribution in [3.63, 3.8) is 0 Å². The van der Waals surface area contributed by atoms with Gasteiger partial charge in [0, 0.05) is 23.6 Å². The van der Waals surface area contributed by atoms with Crippen molar-refractivity contribution in [2.45, 2.75) is 20.3 Å². The molecule has 1 aromatic heterocycles. The molecule has 0 aliphatic heterocycles. The van der Waals surface area contributed by atoms with Crippen molar-refractivity contribution in [2.75, 3.05) is 6.54 Å². The second-order valence-electron chi connectivity index (χ2n) is 5.34. The number of halogens is 1. The maximum atomic E-state index is 11.9. The van der Waals surface area contributed by atoms with Gasteiger partial charge in [0.15, 0.2) is 0 Å². The molecule has 1 aromatic carbocycles. The lowest BCUT2D eigenvalue weighted by atomic mass is 10.2. The Labute approximate surface area is 149 Å². The zero-order valence-electron chi connectivity index (χ0n) is 13.8. The molecule has 0 unspecified atom stereocenters. The van der Waals surface area contributed by atoms with Crippen LogP contribution in [0.5, 0.6) is 0 Å². The number of benzene rings is 1. The van der Waals surface area contributed by atoms with Crippen LogP contribution in [0, 0.1) is 13.8 Å². The minimum absolute atomic E-state index is 0.0169. The topological polar surface area (TPSA) is 100 Å². The van der Waals surface area contributed by atoms with Crippen LogP contribution >= 0.6 is 11.6 Å². The maximum Gasteiger partial charge on any atom is 0.273 e. The van der Waals surface area contributed by atoms with Gasteiger partial charge in [-0.3, -0.25) is 25.2 Å². The van der Waals surface area contributed by atoms with Crippen LogP contribution in [0.25, 0.3) is 0 Å². The lowest BCUT2D eigenvalue weighted by molar-refractivity contribution is -0.121. The van der Waals surface area contributed by atoms with Crippen LogP contribution in [0.1, 0.15) is 38.7 Å². The first-order valence-electron chi connectivity index (χ1n) is 7.57. The van der Waals surface area contributed by atoms with Gasteiger partial charge in [0.25, 0.3) is 11.8 Å². The van der Waals surface area contributed by atoms with Gasteiger partial charge < -0.3 is 9.73 Å². The molecule has 0 saturated carbocycles. The van der Waals surface area contributed by atoms with Gasteiger partial charge >= 0.3 is 0 Å². The van der Waals surface area contributed by atoms with Crippen molar-refractivity contribution in [3.8, 4) is 0 Å². The summed E-state index contributed by atoms with van der Waals surface area (Å²) in [6.07, 6.45) is 0.0169. The van der Waals surface area contributed by atoms with E-state index in [0.29, 0.717) is 27.7 Å². The normalized spacial score (nSPS) is 10.2. The number of hydrazine groups is 1. The molecule has 3 amide bonds. The molecule has 3 N–H and O–H groups in total. The van der Waals surface area contributed by atoms with E-state index in [1.807, 2.05) is 0 Å². The Bertz CT molecular complexity index is 784. The quantitative estimate of drug-likeness (QED) is 0.708. The Balaban J connectivity index is 1.72. The van der Waals surface area contributed by atoms with E-state index < -0.39 is 11.8 Å². The van der Waals surface area contributed by atoms with Gasteiger partial charge in [-0.1, -0.05) is 11.6 Å². The highest BCUT2D eigenvalue weighted by Crippen LogP contribution is 2.13. The molecule has 0 fully saturated rings. The standard InChI is InChI=1S/C17H18ClN3O4/c1-10-9-14(11(2)25-10)17(24)21-20-15(22)7-8-19-16(23)12-3-5-13(18)6-4-12/h3-6,9H,7-8H2,1-2H3,(H,19,23)(H,20,22)(H,21,24). The molecule has 7 nitrogen and oxygen atoms in total. The highest BCUT2D eigenvalue weighted by atomic mass is 35.5. The third-order valence-corrected chi connectivity index (χ3v) is 3.60. The van der Waals surface area contributed by atoms with Crippen molar-refractivity contribution in [3.05, 3.63) is 58.0 Å². The average molecular weight is 364 g/mol. The summed E-state index contributed by atoms with van der Waals surface area (Å²) in [6, 6.07) is 7.99. The zero-order valence-corrected chi connectivity index (χ0v) is 14.6. The van der Waals surface area contributed by atoms with Crippen molar-refractivity contribution in [2.24, 2.45) is 0 Å². The summed E-state index contributed by atoms with van der Waals surface area (Å²) in [6.45, 7) is 3.52. The number of amides is 3. The van der Waals surface area contributed by atoms with Gasteiger partial charge in [-0.25, -0.2) is 0 Å². The second kappa shape index (κ2) is 8.34. The first-order chi connectivity index (χ1) is 11.9. The fourth-order valence-electron chi connectivity index (χ4n) is 2.11. The van der Waals surface area contributed by atoms with Crippen molar-refractivity contribution in [1.29, 1.82) is 0 Å². The van der Waals surface area contributed by atoms with Crippen LogP contribution < -0.4 is 16.2 Å². The molecule has 132 valence electrons. The Kier molecular flexibility index (Phi) is 6.19. The van der Waals surface area contributed by atoms with Crippen LogP contribution in [-0.4, -0.2) is 24.3 Å². The third kappa shape index (κ3) is 5.36. The van der Waals surface area contributed by atoms with E-state index in [0.717, 1.165) is 0 Å². The molecule has 0 spiro atoms. The third-order valence-electron chi connectivity index (χ3n) is 3.35. The number of carbonyl (C=O) groups is 3. The van der Waals surface area contributed by atoms with E-state index in [9.17, 15) is 14.4 Å². The maximum absolute atomic E-state index is 11.9.